The molecule has 3 heteroatoms. The van der Waals surface area contributed by atoms with Crippen molar-refractivity contribution in [1.29, 1.82) is 5.41 Å². The Morgan fingerprint density at radius 2 is 1.85 bits per heavy atom. The third kappa shape index (κ3) is 2.99. The van der Waals surface area contributed by atoms with Crippen molar-refractivity contribution in [3.05, 3.63) is 64.7 Å². The standard InChI is InChI=1S/C17H21N3/c1-12-8-9-13(2)14(10-12)11-20(3)16-7-5-4-6-15(16)17(18)19/h4-10H,11H2,1-3H3,(H3,18,19). The third-order valence-corrected chi connectivity index (χ3v) is 3.52. The molecule has 0 spiro atoms. The molecule has 0 saturated heterocycles. The molecule has 20 heavy (non-hydrogen) atoms. The number of nitrogens with zero attached hydrogens (tertiary/aromatic N) is 1. The summed E-state index contributed by atoms with van der Waals surface area (Å²) in [6.45, 7) is 5.03. The lowest BCUT2D eigenvalue weighted by atomic mass is 10.0. The van der Waals surface area contributed by atoms with E-state index in [4.69, 9.17) is 11.1 Å². The number of amidine groups is 1. The molecule has 104 valence electrons. The lowest BCUT2D eigenvalue weighted by molar-refractivity contribution is 0.911. The molecule has 2 aromatic rings. The maximum atomic E-state index is 7.68. The molecular formula is C17H21N3. The van der Waals surface area contributed by atoms with Crippen molar-refractivity contribution in [2.24, 2.45) is 5.73 Å². The van der Waals surface area contributed by atoms with E-state index in [1.54, 1.807) is 0 Å². The fourth-order valence-corrected chi connectivity index (χ4v) is 2.35. The zero-order chi connectivity index (χ0) is 14.7. The smallest absolute Gasteiger partial charge is 0.124 e. The third-order valence-electron chi connectivity index (χ3n) is 3.52. The van der Waals surface area contributed by atoms with E-state index in [1.807, 2.05) is 31.3 Å². The summed E-state index contributed by atoms with van der Waals surface area (Å²) in [5.41, 5.74) is 11.3. The average Bonchev–Trinajstić information content (AvgIpc) is 2.42. The van der Waals surface area contributed by atoms with E-state index < -0.39 is 0 Å². The monoisotopic (exact) mass is 267 g/mol. The van der Waals surface area contributed by atoms with E-state index in [-0.39, 0.29) is 5.84 Å². The summed E-state index contributed by atoms with van der Waals surface area (Å²) in [7, 11) is 2.03. The summed E-state index contributed by atoms with van der Waals surface area (Å²) in [5, 5.41) is 7.68. The summed E-state index contributed by atoms with van der Waals surface area (Å²) >= 11 is 0. The van der Waals surface area contributed by atoms with Gasteiger partial charge in [0, 0.05) is 24.8 Å². The van der Waals surface area contributed by atoms with Crippen LogP contribution in [0.4, 0.5) is 5.69 Å². The van der Waals surface area contributed by atoms with Crippen LogP contribution in [-0.2, 0) is 6.54 Å². The number of rotatable bonds is 4. The van der Waals surface area contributed by atoms with E-state index in [0.717, 1.165) is 17.8 Å². The van der Waals surface area contributed by atoms with Gasteiger partial charge < -0.3 is 10.6 Å². The van der Waals surface area contributed by atoms with Crippen LogP contribution in [0.15, 0.2) is 42.5 Å². The Bertz CT molecular complexity index is 632. The van der Waals surface area contributed by atoms with E-state index in [2.05, 4.69) is 36.9 Å². The number of benzene rings is 2. The van der Waals surface area contributed by atoms with E-state index in [9.17, 15) is 0 Å². The highest BCUT2D eigenvalue weighted by Gasteiger charge is 2.10. The molecule has 0 bridgehead atoms. The van der Waals surface area contributed by atoms with Gasteiger partial charge in [0.05, 0.1) is 0 Å². The fourth-order valence-electron chi connectivity index (χ4n) is 2.35. The van der Waals surface area contributed by atoms with Gasteiger partial charge in [-0.15, -0.1) is 0 Å². The Balaban J connectivity index is 2.31. The quantitative estimate of drug-likeness (QED) is 0.660. The number of hydrogen-bond donors (Lipinski definition) is 2. The molecule has 2 aromatic carbocycles. The molecule has 0 amide bonds. The summed E-state index contributed by atoms with van der Waals surface area (Å²) < 4.78 is 0. The number of nitrogens with two attached hydrogens (primary N) is 1. The molecule has 0 aromatic heterocycles. The Hall–Kier alpha value is -2.29. The highest BCUT2D eigenvalue weighted by Crippen LogP contribution is 2.22. The molecule has 2 rings (SSSR count). The molecule has 0 unspecified atom stereocenters. The van der Waals surface area contributed by atoms with Gasteiger partial charge >= 0.3 is 0 Å². The molecular weight excluding hydrogens is 246 g/mol. The van der Waals surface area contributed by atoms with E-state index >= 15 is 0 Å². The maximum Gasteiger partial charge on any atom is 0.124 e. The van der Waals surface area contributed by atoms with Gasteiger partial charge in [0.25, 0.3) is 0 Å². The number of nitrogens with one attached hydrogen (secondary N) is 1. The molecule has 0 aliphatic carbocycles. The Kier molecular flexibility index (Phi) is 4.08. The van der Waals surface area contributed by atoms with Crippen LogP contribution < -0.4 is 10.6 Å². The predicted molar refractivity (Wildman–Crippen MR) is 85.5 cm³/mol. The number of aryl methyl sites for hydroxylation is 2. The summed E-state index contributed by atoms with van der Waals surface area (Å²) in [6.07, 6.45) is 0. The molecule has 0 radical (unpaired) electrons. The van der Waals surface area contributed by atoms with Gasteiger partial charge in [-0.3, -0.25) is 5.41 Å². The minimum Gasteiger partial charge on any atom is -0.384 e. The first kappa shape index (κ1) is 14.1. The van der Waals surface area contributed by atoms with Crippen LogP contribution in [-0.4, -0.2) is 12.9 Å². The lowest BCUT2D eigenvalue weighted by Crippen LogP contribution is -2.22. The van der Waals surface area contributed by atoms with Crippen LogP contribution in [0.2, 0.25) is 0 Å². The zero-order valence-corrected chi connectivity index (χ0v) is 12.3. The number of para-hydroxylation sites is 1. The Labute approximate surface area is 120 Å². The topological polar surface area (TPSA) is 53.1 Å². The molecule has 0 aliphatic rings. The van der Waals surface area contributed by atoms with E-state index in [1.165, 1.54) is 16.7 Å². The number of nitrogen functional groups attached to an aromatic ring is 1. The molecule has 0 atom stereocenters. The van der Waals surface area contributed by atoms with Crippen molar-refractivity contribution < 1.29 is 0 Å². The second-order valence-electron chi connectivity index (χ2n) is 5.22. The second-order valence-corrected chi connectivity index (χ2v) is 5.22. The first-order chi connectivity index (χ1) is 9.49. The molecule has 3 N–H and O–H groups in total. The van der Waals surface area contributed by atoms with Gasteiger partial charge in [0.1, 0.15) is 5.84 Å². The molecule has 3 nitrogen and oxygen atoms in total. The molecule has 0 saturated carbocycles. The minimum absolute atomic E-state index is 0.105. The average molecular weight is 267 g/mol. The van der Waals surface area contributed by atoms with Gasteiger partial charge in [-0.1, -0.05) is 35.9 Å². The van der Waals surface area contributed by atoms with Gasteiger partial charge in [0.15, 0.2) is 0 Å². The first-order valence-electron chi connectivity index (χ1n) is 6.69. The highest BCUT2D eigenvalue weighted by molar-refractivity contribution is 6.00. The maximum absolute atomic E-state index is 7.68. The van der Waals surface area contributed by atoms with Gasteiger partial charge in [0.2, 0.25) is 0 Å². The van der Waals surface area contributed by atoms with Crippen LogP contribution in [0.1, 0.15) is 22.3 Å². The second kappa shape index (κ2) is 5.78. The van der Waals surface area contributed by atoms with Crippen molar-refractivity contribution >= 4 is 11.5 Å². The number of anilines is 1. The van der Waals surface area contributed by atoms with Crippen molar-refractivity contribution in [2.75, 3.05) is 11.9 Å². The van der Waals surface area contributed by atoms with Crippen molar-refractivity contribution in [1.82, 2.24) is 0 Å². The van der Waals surface area contributed by atoms with Gasteiger partial charge in [-0.05, 0) is 37.1 Å². The number of hydrogen-bond acceptors (Lipinski definition) is 2. The normalized spacial score (nSPS) is 10.3. The van der Waals surface area contributed by atoms with Crippen molar-refractivity contribution in [3.63, 3.8) is 0 Å². The highest BCUT2D eigenvalue weighted by atomic mass is 15.1. The SMILES string of the molecule is Cc1ccc(C)c(CN(C)c2ccccc2C(=N)N)c1. The van der Waals surface area contributed by atoms with Crippen LogP contribution in [0, 0.1) is 19.3 Å². The zero-order valence-electron chi connectivity index (χ0n) is 12.3. The first-order valence-corrected chi connectivity index (χ1v) is 6.69. The molecule has 0 fully saturated rings. The lowest BCUT2D eigenvalue weighted by Gasteiger charge is -2.23. The minimum atomic E-state index is 0.105. The van der Waals surface area contributed by atoms with Crippen LogP contribution in [0.5, 0.6) is 0 Å². The van der Waals surface area contributed by atoms with Crippen LogP contribution >= 0.6 is 0 Å². The van der Waals surface area contributed by atoms with Gasteiger partial charge in [-0.25, -0.2) is 0 Å². The van der Waals surface area contributed by atoms with E-state index in [0.29, 0.717) is 0 Å². The largest absolute Gasteiger partial charge is 0.384 e. The summed E-state index contributed by atoms with van der Waals surface area (Å²) in [5.74, 6) is 0.105. The summed E-state index contributed by atoms with van der Waals surface area (Å²) in [6, 6.07) is 14.3. The van der Waals surface area contributed by atoms with Crippen molar-refractivity contribution in [2.45, 2.75) is 20.4 Å². The summed E-state index contributed by atoms with van der Waals surface area (Å²) in [4.78, 5) is 2.14. The molecule has 0 heterocycles. The van der Waals surface area contributed by atoms with Gasteiger partial charge in [-0.2, -0.15) is 0 Å². The Morgan fingerprint density at radius 1 is 1.15 bits per heavy atom. The van der Waals surface area contributed by atoms with Crippen LogP contribution in [0.25, 0.3) is 0 Å². The molecule has 0 aliphatic heterocycles. The van der Waals surface area contributed by atoms with Crippen molar-refractivity contribution in [3.8, 4) is 0 Å². The fraction of sp³-hybridized carbons (Fsp3) is 0.235. The van der Waals surface area contributed by atoms with Crippen LogP contribution in [0.3, 0.4) is 0 Å². The predicted octanol–water partition coefficient (Wildman–Crippen LogP) is 3.22. The Morgan fingerprint density at radius 3 is 2.55 bits per heavy atom.